The fourth-order valence-electron chi connectivity index (χ4n) is 3.03. The predicted molar refractivity (Wildman–Crippen MR) is 107 cm³/mol. The largest absolute Gasteiger partial charge is 0.573 e. The average molecular weight is 441 g/mol. The lowest BCUT2D eigenvalue weighted by Crippen LogP contribution is -2.28. The van der Waals surface area contributed by atoms with E-state index in [9.17, 15) is 23.1 Å². The first-order chi connectivity index (χ1) is 14.3. The Labute approximate surface area is 176 Å². The van der Waals surface area contributed by atoms with E-state index in [4.69, 9.17) is 4.74 Å². The van der Waals surface area contributed by atoms with Gasteiger partial charge in [-0.1, -0.05) is 24.3 Å². The summed E-state index contributed by atoms with van der Waals surface area (Å²) in [6, 6.07) is 12.1. The van der Waals surface area contributed by atoms with E-state index >= 15 is 0 Å². The Hall–Kier alpha value is -2.23. The molecule has 0 aromatic heterocycles. The molecule has 30 heavy (non-hydrogen) atoms. The minimum absolute atomic E-state index is 0.0803. The molecule has 0 spiro atoms. The lowest BCUT2D eigenvalue weighted by molar-refractivity contribution is -0.274. The molecule has 1 aliphatic heterocycles. The number of hydrogen-bond donors (Lipinski definition) is 2. The summed E-state index contributed by atoms with van der Waals surface area (Å²) in [5, 5.41) is 12.9. The molecule has 1 saturated heterocycles. The van der Waals surface area contributed by atoms with Crippen molar-refractivity contribution in [2.24, 2.45) is 0 Å². The molecule has 1 heterocycles. The van der Waals surface area contributed by atoms with Crippen LogP contribution >= 0.6 is 11.8 Å². The molecule has 0 bridgehead atoms. The van der Waals surface area contributed by atoms with Crippen molar-refractivity contribution in [3.05, 3.63) is 59.7 Å². The zero-order valence-electron chi connectivity index (χ0n) is 16.0. The molecule has 1 aliphatic rings. The normalized spacial score (nSPS) is 17.5. The third kappa shape index (κ3) is 6.65. The van der Waals surface area contributed by atoms with Crippen LogP contribution in [0.5, 0.6) is 5.75 Å². The quantitative estimate of drug-likeness (QED) is 0.598. The van der Waals surface area contributed by atoms with E-state index in [-0.39, 0.29) is 24.3 Å². The number of carbonyl (C=O) groups is 1. The molecule has 2 atom stereocenters. The van der Waals surface area contributed by atoms with Gasteiger partial charge in [0.15, 0.2) is 0 Å². The highest BCUT2D eigenvalue weighted by Crippen LogP contribution is 2.27. The fourth-order valence-corrected chi connectivity index (χ4v) is 4.15. The Morgan fingerprint density at radius 3 is 2.63 bits per heavy atom. The summed E-state index contributed by atoms with van der Waals surface area (Å²) in [6.07, 6.45) is -3.59. The number of hydrogen-bond acceptors (Lipinski definition) is 5. The lowest BCUT2D eigenvalue weighted by Gasteiger charge is -2.15. The summed E-state index contributed by atoms with van der Waals surface area (Å²) in [5.74, 6) is 0.0559. The maximum absolute atomic E-state index is 12.6. The summed E-state index contributed by atoms with van der Waals surface area (Å²) in [5.41, 5.74) is 0.868. The number of halogens is 3. The van der Waals surface area contributed by atoms with E-state index in [1.54, 1.807) is 23.9 Å². The number of alkyl halides is 3. The standard InChI is InChI=1S/C21H22F3NO4S/c22-21(23,24)29-15-9-7-14(8-10-15)18(26)12-25-20(27)17-5-1-2-6-19(17)30-13-16-4-3-11-28-16/h1-2,5-10,16,18,26H,3-4,11-13H2,(H,25,27). The van der Waals surface area contributed by atoms with Crippen LogP contribution in [-0.4, -0.2) is 42.4 Å². The van der Waals surface area contributed by atoms with E-state index in [2.05, 4.69) is 10.1 Å². The zero-order valence-corrected chi connectivity index (χ0v) is 16.8. The van der Waals surface area contributed by atoms with Gasteiger partial charge in [-0.05, 0) is 42.7 Å². The number of amides is 1. The van der Waals surface area contributed by atoms with Gasteiger partial charge < -0.3 is 19.9 Å². The van der Waals surface area contributed by atoms with Gasteiger partial charge in [-0.25, -0.2) is 0 Å². The number of aliphatic hydroxyl groups is 1. The molecule has 9 heteroatoms. The van der Waals surface area contributed by atoms with Crippen molar-refractivity contribution in [3.63, 3.8) is 0 Å². The summed E-state index contributed by atoms with van der Waals surface area (Å²) < 4.78 is 46.1. The molecule has 0 aliphatic carbocycles. The number of rotatable bonds is 8. The first kappa shape index (κ1) is 22.5. The first-order valence-corrected chi connectivity index (χ1v) is 10.5. The van der Waals surface area contributed by atoms with Crippen molar-refractivity contribution in [2.45, 2.75) is 36.3 Å². The summed E-state index contributed by atoms with van der Waals surface area (Å²) in [6.45, 7) is 0.692. The molecule has 3 rings (SSSR count). The minimum atomic E-state index is -4.77. The van der Waals surface area contributed by atoms with Gasteiger partial charge in [0, 0.05) is 23.8 Å². The van der Waals surface area contributed by atoms with Crippen LogP contribution in [0.3, 0.4) is 0 Å². The van der Waals surface area contributed by atoms with Gasteiger partial charge in [0.2, 0.25) is 0 Å². The molecule has 1 amide bonds. The number of thioether (sulfide) groups is 1. The van der Waals surface area contributed by atoms with E-state index in [0.717, 1.165) is 42.2 Å². The van der Waals surface area contributed by atoms with Crippen molar-refractivity contribution in [2.75, 3.05) is 18.9 Å². The van der Waals surface area contributed by atoms with Crippen LogP contribution in [0.25, 0.3) is 0 Å². The zero-order chi connectivity index (χ0) is 21.6. The Balaban J connectivity index is 1.54. The summed E-state index contributed by atoms with van der Waals surface area (Å²) in [4.78, 5) is 13.4. The van der Waals surface area contributed by atoms with Crippen molar-refractivity contribution < 1.29 is 32.5 Å². The predicted octanol–water partition coefficient (Wildman–Crippen LogP) is 4.32. The van der Waals surface area contributed by atoms with Crippen LogP contribution < -0.4 is 10.1 Å². The van der Waals surface area contributed by atoms with E-state index < -0.39 is 12.5 Å². The SMILES string of the molecule is O=C(NCC(O)c1ccc(OC(F)(F)F)cc1)c1ccccc1SCC1CCCO1. The third-order valence-electron chi connectivity index (χ3n) is 4.53. The van der Waals surface area contributed by atoms with E-state index in [0.29, 0.717) is 11.1 Å². The molecular formula is C21H22F3NO4S. The van der Waals surface area contributed by atoms with Gasteiger partial charge in [0.25, 0.3) is 5.91 Å². The average Bonchev–Trinajstić information content (AvgIpc) is 3.23. The van der Waals surface area contributed by atoms with Gasteiger partial charge in [-0.15, -0.1) is 24.9 Å². The second-order valence-corrected chi connectivity index (χ2v) is 7.85. The van der Waals surface area contributed by atoms with Gasteiger partial charge in [-0.2, -0.15) is 0 Å². The first-order valence-electron chi connectivity index (χ1n) is 9.47. The highest BCUT2D eigenvalue weighted by atomic mass is 32.2. The molecule has 2 aromatic rings. The van der Waals surface area contributed by atoms with Crippen LogP contribution in [0.4, 0.5) is 13.2 Å². The molecule has 2 unspecified atom stereocenters. The number of benzene rings is 2. The number of aliphatic hydroxyl groups excluding tert-OH is 1. The van der Waals surface area contributed by atoms with Gasteiger partial charge >= 0.3 is 6.36 Å². The Morgan fingerprint density at radius 1 is 1.23 bits per heavy atom. The topological polar surface area (TPSA) is 67.8 Å². The van der Waals surface area contributed by atoms with Crippen molar-refractivity contribution in [1.82, 2.24) is 5.32 Å². The Morgan fingerprint density at radius 2 is 1.97 bits per heavy atom. The van der Waals surface area contributed by atoms with Crippen LogP contribution in [0.15, 0.2) is 53.4 Å². The Kier molecular flexibility index (Phi) is 7.63. The molecule has 2 aromatic carbocycles. The highest BCUT2D eigenvalue weighted by molar-refractivity contribution is 7.99. The van der Waals surface area contributed by atoms with Crippen LogP contribution in [0, 0.1) is 0 Å². The highest BCUT2D eigenvalue weighted by Gasteiger charge is 2.31. The second kappa shape index (κ2) is 10.2. The number of ether oxygens (including phenoxy) is 2. The van der Waals surface area contributed by atoms with Gasteiger partial charge in [0.1, 0.15) is 5.75 Å². The molecule has 0 saturated carbocycles. The molecule has 5 nitrogen and oxygen atoms in total. The van der Waals surface area contributed by atoms with Gasteiger partial charge in [-0.3, -0.25) is 4.79 Å². The Bertz CT molecular complexity index is 839. The molecule has 1 fully saturated rings. The van der Waals surface area contributed by atoms with Crippen molar-refractivity contribution in [1.29, 1.82) is 0 Å². The number of carbonyl (C=O) groups excluding carboxylic acids is 1. The van der Waals surface area contributed by atoms with Crippen LogP contribution in [-0.2, 0) is 4.74 Å². The summed E-state index contributed by atoms with van der Waals surface area (Å²) >= 11 is 1.56. The second-order valence-electron chi connectivity index (χ2n) is 6.78. The lowest BCUT2D eigenvalue weighted by atomic mass is 10.1. The molecule has 162 valence electrons. The van der Waals surface area contributed by atoms with Crippen molar-refractivity contribution >= 4 is 17.7 Å². The monoisotopic (exact) mass is 441 g/mol. The smallest absolute Gasteiger partial charge is 0.406 e. The van der Waals surface area contributed by atoms with E-state index in [1.165, 1.54) is 12.1 Å². The minimum Gasteiger partial charge on any atom is -0.406 e. The maximum Gasteiger partial charge on any atom is 0.573 e. The van der Waals surface area contributed by atoms with E-state index in [1.807, 2.05) is 12.1 Å². The fraction of sp³-hybridized carbons (Fsp3) is 0.381. The van der Waals surface area contributed by atoms with Crippen LogP contribution in [0.2, 0.25) is 0 Å². The molecular weight excluding hydrogens is 419 g/mol. The molecule has 2 N–H and O–H groups in total. The summed E-state index contributed by atoms with van der Waals surface area (Å²) in [7, 11) is 0. The van der Waals surface area contributed by atoms with Gasteiger partial charge in [0.05, 0.1) is 17.8 Å². The molecule has 0 radical (unpaired) electrons. The number of nitrogens with one attached hydrogen (secondary N) is 1. The van der Waals surface area contributed by atoms with Crippen LogP contribution in [0.1, 0.15) is 34.9 Å². The third-order valence-corrected chi connectivity index (χ3v) is 5.74. The maximum atomic E-state index is 12.6. The van der Waals surface area contributed by atoms with Crippen molar-refractivity contribution in [3.8, 4) is 5.75 Å².